The third-order valence-corrected chi connectivity index (χ3v) is 9.08. The summed E-state index contributed by atoms with van der Waals surface area (Å²) < 4.78 is 0. The van der Waals surface area contributed by atoms with Crippen LogP contribution in [0.25, 0.3) is 0 Å². The Morgan fingerprint density at radius 2 is 1.76 bits per heavy atom. The fourth-order valence-corrected chi connectivity index (χ4v) is 6.33. The van der Waals surface area contributed by atoms with E-state index in [0.717, 1.165) is 23.8 Å². The molecule has 3 atom stereocenters. The lowest BCUT2D eigenvalue weighted by molar-refractivity contribution is -0.120. The van der Waals surface area contributed by atoms with E-state index in [2.05, 4.69) is 61.0 Å². The summed E-state index contributed by atoms with van der Waals surface area (Å²) in [5.74, 6) is 0.636. The molecule has 3 N–H and O–H groups in total. The maximum absolute atomic E-state index is 12.1. The smallest absolute Gasteiger partial charge is 0.328 e. The van der Waals surface area contributed by atoms with E-state index in [1.54, 1.807) is 4.90 Å². The predicted molar refractivity (Wildman–Crippen MR) is 136 cm³/mol. The number of anilines is 2. The summed E-state index contributed by atoms with van der Waals surface area (Å²) in [5.41, 5.74) is 5.10. The summed E-state index contributed by atoms with van der Waals surface area (Å²) in [7, 11) is 0. The average Bonchev–Trinajstić information content (AvgIpc) is 3.16. The molecule has 6 nitrogen and oxygen atoms in total. The summed E-state index contributed by atoms with van der Waals surface area (Å²) >= 11 is 0. The molecule has 3 amide bonds. The van der Waals surface area contributed by atoms with Crippen LogP contribution in [-0.4, -0.2) is 24.5 Å². The van der Waals surface area contributed by atoms with Gasteiger partial charge in [-0.25, -0.2) is 4.79 Å². The van der Waals surface area contributed by atoms with E-state index < -0.39 is 0 Å². The number of imide groups is 1. The van der Waals surface area contributed by atoms with Gasteiger partial charge in [-0.1, -0.05) is 51.1 Å². The van der Waals surface area contributed by atoms with Crippen LogP contribution in [0.5, 0.6) is 0 Å². The summed E-state index contributed by atoms with van der Waals surface area (Å²) in [5, 5.41) is 9.70. The van der Waals surface area contributed by atoms with Gasteiger partial charge in [0.1, 0.15) is 0 Å². The molecule has 1 heterocycles. The van der Waals surface area contributed by atoms with Crippen LogP contribution in [0.2, 0.25) is 0 Å². The van der Waals surface area contributed by atoms with E-state index >= 15 is 0 Å². The SMILES string of the molecule is CC1(C)[C@@H]2CC[C@@]1(C)[C@@H](NCc1ccc(CNc3cccc(N4CCC(=O)NC4=O)c3)cc1)C2. The maximum atomic E-state index is 12.1. The first-order valence-electron chi connectivity index (χ1n) is 12.5. The molecular weight excluding hydrogens is 424 g/mol. The van der Waals surface area contributed by atoms with E-state index in [4.69, 9.17) is 0 Å². The van der Waals surface area contributed by atoms with Crippen LogP contribution in [0.3, 0.4) is 0 Å². The van der Waals surface area contributed by atoms with Crippen LogP contribution in [0.15, 0.2) is 48.5 Å². The third kappa shape index (κ3) is 4.09. The molecule has 3 fully saturated rings. The van der Waals surface area contributed by atoms with Crippen molar-refractivity contribution in [2.45, 2.75) is 65.6 Å². The van der Waals surface area contributed by atoms with Gasteiger partial charge in [0.05, 0.1) is 0 Å². The number of hydrogen-bond donors (Lipinski definition) is 3. The van der Waals surface area contributed by atoms with Crippen LogP contribution in [0, 0.1) is 16.7 Å². The number of nitrogens with zero attached hydrogens (tertiary/aromatic N) is 1. The highest BCUT2D eigenvalue weighted by atomic mass is 16.2. The largest absolute Gasteiger partial charge is 0.381 e. The van der Waals surface area contributed by atoms with Gasteiger partial charge in [-0.3, -0.25) is 15.0 Å². The Bertz CT molecular complexity index is 1080. The van der Waals surface area contributed by atoms with Gasteiger partial charge in [0.25, 0.3) is 0 Å². The van der Waals surface area contributed by atoms with Gasteiger partial charge >= 0.3 is 6.03 Å². The summed E-state index contributed by atoms with van der Waals surface area (Å²) in [6, 6.07) is 16.8. The minimum Gasteiger partial charge on any atom is -0.381 e. The molecule has 2 aromatic rings. The first-order valence-corrected chi connectivity index (χ1v) is 12.5. The average molecular weight is 461 g/mol. The highest BCUT2D eigenvalue weighted by molar-refractivity contribution is 6.05. The van der Waals surface area contributed by atoms with Crippen molar-refractivity contribution in [3.05, 3.63) is 59.7 Å². The molecule has 0 spiro atoms. The van der Waals surface area contributed by atoms with Gasteiger partial charge in [-0.15, -0.1) is 0 Å². The number of fused-ring (bicyclic) bond motifs is 2. The standard InChI is InChI=1S/C28H36N4O2/c1-27(2)21-11-13-28(27,3)24(15-21)30-18-20-9-7-19(8-10-20)17-29-22-5-4-6-23(16-22)32-14-12-25(33)31-26(32)34/h4-10,16,21,24,29-30H,11-15,17-18H2,1-3H3,(H,31,33,34)/t21-,24+,28+/m1/s1. The van der Waals surface area contributed by atoms with E-state index in [-0.39, 0.29) is 11.9 Å². The number of carbonyl (C=O) groups is 2. The van der Waals surface area contributed by atoms with Gasteiger partial charge in [-0.05, 0) is 65.3 Å². The van der Waals surface area contributed by atoms with Gasteiger partial charge in [0.2, 0.25) is 5.91 Å². The molecule has 2 saturated carbocycles. The molecule has 3 aliphatic rings. The summed E-state index contributed by atoms with van der Waals surface area (Å²) in [4.78, 5) is 25.1. The second-order valence-corrected chi connectivity index (χ2v) is 11.0. The number of urea groups is 1. The molecule has 5 rings (SSSR count). The molecule has 0 aromatic heterocycles. The molecule has 2 aromatic carbocycles. The molecule has 2 bridgehead atoms. The Morgan fingerprint density at radius 3 is 2.41 bits per heavy atom. The van der Waals surface area contributed by atoms with Crippen LogP contribution >= 0.6 is 0 Å². The third-order valence-electron chi connectivity index (χ3n) is 9.08. The fraction of sp³-hybridized carbons (Fsp3) is 0.500. The molecule has 6 heteroatoms. The minimum atomic E-state index is -0.361. The Balaban J connectivity index is 1.14. The number of benzene rings is 2. The Labute approximate surface area is 202 Å². The number of hydrogen-bond acceptors (Lipinski definition) is 4. The molecule has 1 saturated heterocycles. The van der Waals surface area contributed by atoms with Gasteiger partial charge < -0.3 is 10.6 Å². The molecule has 2 aliphatic carbocycles. The molecule has 34 heavy (non-hydrogen) atoms. The first kappa shape index (κ1) is 22.9. The molecule has 0 unspecified atom stereocenters. The quantitative estimate of drug-likeness (QED) is 0.541. The number of rotatable bonds is 7. The van der Waals surface area contributed by atoms with Crippen molar-refractivity contribution in [1.29, 1.82) is 0 Å². The van der Waals surface area contributed by atoms with Crippen molar-refractivity contribution in [2.24, 2.45) is 16.7 Å². The van der Waals surface area contributed by atoms with Crippen molar-refractivity contribution >= 4 is 23.3 Å². The lowest BCUT2D eigenvalue weighted by atomic mass is 9.69. The van der Waals surface area contributed by atoms with E-state index in [1.807, 2.05) is 24.3 Å². The monoisotopic (exact) mass is 460 g/mol. The normalized spacial score (nSPS) is 27.7. The maximum Gasteiger partial charge on any atom is 0.328 e. The van der Waals surface area contributed by atoms with Crippen molar-refractivity contribution in [2.75, 3.05) is 16.8 Å². The van der Waals surface area contributed by atoms with Crippen LogP contribution < -0.4 is 20.9 Å². The van der Waals surface area contributed by atoms with Crippen LogP contribution in [-0.2, 0) is 17.9 Å². The highest BCUT2D eigenvalue weighted by Crippen LogP contribution is 2.65. The molecule has 180 valence electrons. The molecule has 1 aliphatic heterocycles. The van der Waals surface area contributed by atoms with Gasteiger partial charge in [0, 0.05) is 43.5 Å². The zero-order valence-corrected chi connectivity index (χ0v) is 20.5. The zero-order valence-electron chi connectivity index (χ0n) is 20.5. The minimum absolute atomic E-state index is 0.220. The van der Waals surface area contributed by atoms with E-state index in [0.29, 0.717) is 36.4 Å². The molecule has 0 radical (unpaired) electrons. The Kier molecular flexibility index (Phi) is 5.88. The Hall–Kier alpha value is -2.86. The van der Waals surface area contributed by atoms with Crippen molar-refractivity contribution in [3.63, 3.8) is 0 Å². The van der Waals surface area contributed by atoms with Crippen LogP contribution in [0.1, 0.15) is 57.6 Å². The summed E-state index contributed by atoms with van der Waals surface area (Å²) in [6.45, 7) is 9.44. The second kappa shape index (κ2) is 8.73. The van der Waals surface area contributed by atoms with E-state index in [9.17, 15) is 9.59 Å². The van der Waals surface area contributed by atoms with Gasteiger partial charge in [0.15, 0.2) is 0 Å². The fourth-order valence-electron chi connectivity index (χ4n) is 6.33. The van der Waals surface area contributed by atoms with Crippen LogP contribution in [0.4, 0.5) is 16.2 Å². The topological polar surface area (TPSA) is 73.5 Å². The lowest BCUT2D eigenvalue weighted by Crippen LogP contribution is -2.49. The summed E-state index contributed by atoms with van der Waals surface area (Å²) in [6.07, 6.45) is 4.36. The number of nitrogens with one attached hydrogen (secondary N) is 3. The van der Waals surface area contributed by atoms with Crippen molar-refractivity contribution < 1.29 is 9.59 Å². The first-order chi connectivity index (χ1) is 16.3. The lowest BCUT2D eigenvalue weighted by Gasteiger charge is -2.39. The predicted octanol–water partition coefficient (Wildman–Crippen LogP) is 5.05. The molecular formula is C28H36N4O2. The second-order valence-electron chi connectivity index (χ2n) is 11.0. The van der Waals surface area contributed by atoms with Crippen molar-refractivity contribution in [3.8, 4) is 0 Å². The van der Waals surface area contributed by atoms with Gasteiger partial charge in [-0.2, -0.15) is 0 Å². The highest BCUT2D eigenvalue weighted by Gasteiger charge is 2.60. The van der Waals surface area contributed by atoms with Crippen molar-refractivity contribution in [1.82, 2.24) is 10.6 Å². The number of amides is 3. The Morgan fingerprint density at radius 1 is 1.03 bits per heavy atom. The number of carbonyl (C=O) groups excluding carboxylic acids is 2. The van der Waals surface area contributed by atoms with E-state index in [1.165, 1.54) is 30.4 Å². The zero-order chi connectivity index (χ0) is 23.9.